The molecular formula is C22H29N3O3. The van der Waals surface area contributed by atoms with E-state index in [1.165, 1.54) is 5.56 Å². The molecule has 3 aromatic rings. The van der Waals surface area contributed by atoms with Crippen molar-refractivity contribution in [2.75, 3.05) is 13.2 Å². The Morgan fingerprint density at radius 2 is 1.71 bits per heavy atom. The standard InChI is InChI=1S/C22H29N3O3/c1-15(2)12-23-13-16-5-8-18(9-6-16)28-14-21(26)17-7-10-19-20(11-17)25(4)22(27)24(19)3/h5-11,15,21,23,26H,12-14H2,1-4H3/t21-/m0/s1. The number of hydrogen-bond donors (Lipinski definition) is 2. The van der Waals surface area contributed by atoms with Gasteiger partial charge in [-0.2, -0.15) is 0 Å². The summed E-state index contributed by atoms with van der Waals surface area (Å²) in [5, 5.41) is 13.9. The summed E-state index contributed by atoms with van der Waals surface area (Å²) < 4.78 is 8.93. The van der Waals surface area contributed by atoms with Crippen LogP contribution in [0.15, 0.2) is 47.3 Å². The molecule has 2 N–H and O–H groups in total. The second-order valence-corrected chi connectivity index (χ2v) is 7.64. The van der Waals surface area contributed by atoms with E-state index in [2.05, 4.69) is 19.2 Å². The number of aryl methyl sites for hydroxylation is 2. The van der Waals surface area contributed by atoms with Crippen LogP contribution in [0.3, 0.4) is 0 Å². The van der Waals surface area contributed by atoms with Crippen LogP contribution in [-0.2, 0) is 20.6 Å². The second kappa shape index (κ2) is 8.63. The summed E-state index contributed by atoms with van der Waals surface area (Å²) in [5.74, 6) is 1.35. The van der Waals surface area contributed by atoms with E-state index in [-0.39, 0.29) is 12.3 Å². The van der Waals surface area contributed by atoms with Crippen LogP contribution in [0.25, 0.3) is 11.0 Å². The minimum Gasteiger partial charge on any atom is -0.491 e. The average molecular weight is 383 g/mol. The van der Waals surface area contributed by atoms with Gasteiger partial charge in [0, 0.05) is 20.6 Å². The van der Waals surface area contributed by atoms with Gasteiger partial charge in [-0.3, -0.25) is 9.13 Å². The Balaban J connectivity index is 1.61. The molecule has 1 atom stereocenters. The Labute approximate surface area is 165 Å². The molecule has 1 aromatic heterocycles. The fourth-order valence-electron chi connectivity index (χ4n) is 3.21. The monoisotopic (exact) mass is 383 g/mol. The quantitative estimate of drug-likeness (QED) is 0.628. The zero-order valence-electron chi connectivity index (χ0n) is 17.0. The van der Waals surface area contributed by atoms with Crippen molar-refractivity contribution in [3.05, 3.63) is 64.1 Å². The lowest BCUT2D eigenvalue weighted by Crippen LogP contribution is -2.19. The van der Waals surface area contributed by atoms with Crippen LogP contribution in [0.4, 0.5) is 0 Å². The highest BCUT2D eigenvalue weighted by molar-refractivity contribution is 5.76. The molecular weight excluding hydrogens is 354 g/mol. The molecule has 3 rings (SSSR count). The van der Waals surface area contributed by atoms with Gasteiger partial charge in [0.15, 0.2) is 0 Å². The zero-order valence-corrected chi connectivity index (χ0v) is 17.0. The van der Waals surface area contributed by atoms with Crippen LogP contribution >= 0.6 is 0 Å². The molecule has 1 heterocycles. The molecule has 0 saturated carbocycles. The number of rotatable bonds is 8. The van der Waals surface area contributed by atoms with Crippen molar-refractivity contribution < 1.29 is 9.84 Å². The van der Waals surface area contributed by atoms with Crippen molar-refractivity contribution in [2.24, 2.45) is 20.0 Å². The smallest absolute Gasteiger partial charge is 0.328 e. The van der Waals surface area contributed by atoms with E-state index in [9.17, 15) is 9.90 Å². The van der Waals surface area contributed by atoms with Crippen molar-refractivity contribution in [1.82, 2.24) is 14.5 Å². The predicted octanol–water partition coefficient (Wildman–Crippen LogP) is 2.74. The van der Waals surface area contributed by atoms with Gasteiger partial charge < -0.3 is 15.2 Å². The Hall–Kier alpha value is -2.57. The van der Waals surface area contributed by atoms with E-state index in [4.69, 9.17) is 4.74 Å². The van der Waals surface area contributed by atoms with Crippen LogP contribution in [0, 0.1) is 5.92 Å². The third kappa shape index (κ3) is 4.46. The molecule has 0 spiro atoms. The van der Waals surface area contributed by atoms with Gasteiger partial charge in [-0.1, -0.05) is 32.0 Å². The number of nitrogens with one attached hydrogen (secondary N) is 1. The van der Waals surface area contributed by atoms with Crippen molar-refractivity contribution in [2.45, 2.75) is 26.5 Å². The molecule has 0 aliphatic carbocycles. The molecule has 0 radical (unpaired) electrons. The largest absolute Gasteiger partial charge is 0.491 e. The maximum absolute atomic E-state index is 12.0. The molecule has 0 unspecified atom stereocenters. The van der Waals surface area contributed by atoms with Gasteiger partial charge in [0.05, 0.1) is 11.0 Å². The number of ether oxygens (including phenoxy) is 1. The van der Waals surface area contributed by atoms with Gasteiger partial charge in [-0.15, -0.1) is 0 Å². The minimum atomic E-state index is -0.771. The van der Waals surface area contributed by atoms with Gasteiger partial charge in [-0.05, 0) is 47.9 Å². The van der Waals surface area contributed by atoms with E-state index in [0.717, 1.165) is 35.4 Å². The summed E-state index contributed by atoms with van der Waals surface area (Å²) in [6, 6.07) is 13.4. The first-order valence-electron chi connectivity index (χ1n) is 9.62. The summed E-state index contributed by atoms with van der Waals surface area (Å²) >= 11 is 0. The second-order valence-electron chi connectivity index (χ2n) is 7.64. The first kappa shape index (κ1) is 20.2. The molecule has 0 saturated heterocycles. The van der Waals surface area contributed by atoms with E-state index in [0.29, 0.717) is 5.92 Å². The normalized spacial score (nSPS) is 12.6. The molecule has 28 heavy (non-hydrogen) atoms. The number of fused-ring (bicyclic) bond motifs is 1. The fourth-order valence-corrected chi connectivity index (χ4v) is 3.21. The molecule has 0 amide bonds. The maximum atomic E-state index is 12.0. The first-order valence-corrected chi connectivity index (χ1v) is 9.62. The van der Waals surface area contributed by atoms with E-state index in [1.54, 1.807) is 23.2 Å². The highest BCUT2D eigenvalue weighted by Crippen LogP contribution is 2.21. The van der Waals surface area contributed by atoms with Crippen LogP contribution in [0.2, 0.25) is 0 Å². The van der Waals surface area contributed by atoms with Crippen molar-refractivity contribution in [1.29, 1.82) is 0 Å². The summed E-state index contributed by atoms with van der Waals surface area (Å²) in [6.45, 7) is 6.34. The van der Waals surface area contributed by atoms with Crippen LogP contribution in [0.5, 0.6) is 5.75 Å². The van der Waals surface area contributed by atoms with Gasteiger partial charge in [0.1, 0.15) is 18.5 Å². The molecule has 2 aromatic carbocycles. The van der Waals surface area contributed by atoms with Gasteiger partial charge in [0.2, 0.25) is 0 Å². The Morgan fingerprint density at radius 1 is 1.04 bits per heavy atom. The van der Waals surface area contributed by atoms with Crippen LogP contribution < -0.4 is 15.7 Å². The highest BCUT2D eigenvalue weighted by Gasteiger charge is 2.13. The van der Waals surface area contributed by atoms with Crippen molar-refractivity contribution in [3.8, 4) is 5.75 Å². The summed E-state index contributed by atoms with van der Waals surface area (Å²) in [7, 11) is 3.47. The molecule has 150 valence electrons. The number of aliphatic hydroxyl groups is 1. The minimum absolute atomic E-state index is 0.0825. The Kier molecular flexibility index (Phi) is 6.21. The topological polar surface area (TPSA) is 68.4 Å². The Morgan fingerprint density at radius 3 is 2.39 bits per heavy atom. The summed E-state index contributed by atoms with van der Waals surface area (Å²) in [4.78, 5) is 12.0. The predicted molar refractivity (Wildman–Crippen MR) is 112 cm³/mol. The first-order chi connectivity index (χ1) is 13.4. The number of hydrogen-bond acceptors (Lipinski definition) is 4. The lowest BCUT2D eigenvalue weighted by Gasteiger charge is -2.14. The lowest BCUT2D eigenvalue weighted by atomic mass is 10.1. The molecule has 0 fully saturated rings. The molecule has 6 nitrogen and oxygen atoms in total. The molecule has 0 aliphatic rings. The lowest BCUT2D eigenvalue weighted by molar-refractivity contribution is 0.108. The van der Waals surface area contributed by atoms with Gasteiger partial charge >= 0.3 is 5.69 Å². The number of aliphatic hydroxyl groups excluding tert-OH is 1. The molecule has 0 bridgehead atoms. The van der Waals surface area contributed by atoms with E-state index in [1.807, 2.05) is 42.5 Å². The Bertz CT molecular complexity index is 987. The third-order valence-corrected chi connectivity index (χ3v) is 4.89. The maximum Gasteiger partial charge on any atom is 0.328 e. The summed E-state index contributed by atoms with van der Waals surface area (Å²) in [6.07, 6.45) is -0.771. The summed E-state index contributed by atoms with van der Waals surface area (Å²) in [5.41, 5.74) is 3.47. The van der Waals surface area contributed by atoms with Crippen LogP contribution in [0.1, 0.15) is 31.1 Å². The van der Waals surface area contributed by atoms with Crippen molar-refractivity contribution >= 4 is 11.0 Å². The molecule has 0 aliphatic heterocycles. The number of benzene rings is 2. The fraction of sp³-hybridized carbons (Fsp3) is 0.409. The number of imidazole rings is 1. The number of aromatic nitrogens is 2. The van der Waals surface area contributed by atoms with Crippen LogP contribution in [-0.4, -0.2) is 27.4 Å². The number of nitrogens with zero attached hydrogens (tertiary/aromatic N) is 2. The zero-order chi connectivity index (χ0) is 20.3. The van der Waals surface area contributed by atoms with Crippen molar-refractivity contribution in [3.63, 3.8) is 0 Å². The highest BCUT2D eigenvalue weighted by atomic mass is 16.5. The van der Waals surface area contributed by atoms with E-state index >= 15 is 0 Å². The average Bonchev–Trinajstić information content (AvgIpc) is 2.90. The third-order valence-electron chi connectivity index (χ3n) is 4.89. The van der Waals surface area contributed by atoms with E-state index < -0.39 is 6.10 Å². The van der Waals surface area contributed by atoms with Gasteiger partial charge in [0.25, 0.3) is 0 Å². The molecule has 6 heteroatoms. The SMILES string of the molecule is CC(C)CNCc1ccc(OC[C@H](O)c2ccc3c(c2)n(C)c(=O)n3C)cc1. The van der Waals surface area contributed by atoms with Gasteiger partial charge in [-0.25, -0.2) is 4.79 Å².